The van der Waals surface area contributed by atoms with Crippen LogP contribution in [0.15, 0.2) is 63.0 Å². The molecule has 0 saturated heterocycles. The standard InChI is InChI=1S/C20H19BrN4O3S/c1-12(13-5-3-2-4-6-13)25-18(27)15-11-14(21)7-8-16(15)23-20(25)29-10-9-17(26)24-19(22)28/h2-8,11-12H,9-10H2,1H3,(H3,22,24,26,28). The second-order valence-electron chi connectivity index (χ2n) is 6.33. The van der Waals surface area contributed by atoms with Crippen LogP contribution in [0.5, 0.6) is 0 Å². The maximum atomic E-state index is 13.3. The van der Waals surface area contributed by atoms with Crippen LogP contribution in [0.4, 0.5) is 4.79 Å². The van der Waals surface area contributed by atoms with E-state index < -0.39 is 11.9 Å². The molecule has 0 aliphatic carbocycles. The lowest BCUT2D eigenvalue weighted by Crippen LogP contribution is -2.35. The van der Waals surface area contributed by atoms with Crippen molar-refractivity contribution in [2.75, 3.05) is 5.75 Å². The molecule has 2 aromatic carbocycles. The number of rotatable bonds is 6. The van der Waals surface area contributed by atoms with E-state index in [0.29, 0.717) is 21.8 Å². The van der Waals surface area contributed by atoms with Crippen LogP contribution in [0, 0.1) is 0 Å². The number of nitrogens with one attached hydrogen (secondary N) is 1. The Morgan fingerprint density at radius 2 is 1.97 bits per heavy atom. The average Bonchev–Trinajstić information content (AvgIpc) is 2.68. The number of fused-ring (bicyclic) bond motifs is 1. The third-order valence-corrected chi connectivity index (χ3v) is 5.77. The average molecular weight is 475 g/mol. The second-order valence-corrected chi connectivity index (χ2v) is 8.31. The normalized spacial score (nSPS) is 11.9. The Morgan fingerprint density at radius 3 is 2.66 bits per heavy atom. The monoisotopic (exact) mass is 474 g/mol. The van der Waals surface area contributed by atoms with Gasteiger partial charge < -0.3 is 5.73 Å². The fraction of sp³-hybridized carbons (Fsp3) is 0.200. The van der Waals surface area contributed by atoms with Crippen molar-refractivity contribution >= 4 is 50.5 Å². The Morgan fingerprint density at radius 1 is 1.24 bits per heavy atom. The Labute approximate surface area is 179 Å². The van der Waals surface area contributed by atoms with Crippen molar-refractivity contribution in [3.63, 3.8) is 0 Å². The molecule has 1 atom stereocenters. The Kier molecular flexibility index (Phi) is 6.71. The van der Waals surface area contributed by atoms with Crippen LogP contribution in [0.1, 0.15) is 24.9 Å². The van der Waals surface area contributed by atoms with Gasteiger partial charge in [-0.25, -0.2) is 9.78 Å². The number of halogens is 1. The number of primary amides is 1. The highest BCUT2D eigenvalue weighted by molar-refractivity contribution is 9.10. The first-order valence-electron chi connectivity index (χ1n) is 8.85. The minimum atomic E-state index is -0.885. The summed E-state index contributed by atoms with van der Waals surface area (Å²) in [4.78, 5) is 40.4. The Balaban J connectivity index is 2.00. The van der Waals surface area contributed by atoms with Crippen LogP contribution in [-0.2, 0) is 4.79 Å². The molecule has 1 heterocycles. The Bertz CT molecular complexity index is 1120. The second kappa shape index (κ2) is 9.23. The smallest absolute Gasteiger partial charge is 0.318 e. The number of amides is 3. The van der Waals surface area contributed by atoms with Crippen LogP contribution in [0.3, 0.4) is 0 Å². The van der Waals surface area contributed by atoms with Gasteiger partial charge in [-0.05, 0) is 30.7 Å². The van der Waals surface area contributed by atoms with Gasteiger partial charge in [-0.15, -0.1) is 0 Å². The van der Waals surface area contributed by atoms with E-state index in [1.54, 1.807) is 16.7 Å². The maximum absolute atomic E-state index is 13.3. The number of aromatic nitrogens is 2. The molecule has 0 aliphatic rings. The van der Waals surface area contributed by atoms with Gasteiger partial charge in [0.25, 0.3) is 5.56 Å². The van der Waals surface area contributed by atoms with Crippen molar-refractivity contribution in [2.45, 2.75) is 24.5 Å². The molecule has 0 aliphatic heterocycles. The molecule has 3 amide bonds. The topological polar surface area (TPSA) is 107 Å². The molecule has 1 unspecified atom stereocenters. The first-order valence-corrected chi connectivity index (χ1v) is 10.6. The number of carbonyl (C=O) groups is 2. The van der Waals surface area contributed by atoms with Gasteiger partial charge in [0, 0.05) is 16.6 Å². The van der Waals surface area contributed by atoms with Gasteiger partial charge in [-0.3, -0.25) is 19.5 Å². The van der Waals surface area contributed by atoms with Crippen LogP contribution in [-0.4, -0.2) is 27.2 Å². The largest absolute Gasteiger partial charge is 0.351 e. The molecule has 9 heteroatoms. The third kappa shape index (κ3) is 5.04. The molecular formula is C20H19BrN4O3S. The van der Waals surface area contributed by atoms with E-state index in [9.17, 15) is 14.4 Å². The van der Waals surface area contributed by atoms with E-state index in [-0.39, 0.29) is 18.0 Å². The number of benzene rings is 2. The zero-order valence-electron chi connectivity index (χ0n) is 15.6. The number of imide groups is 1. The quantitative estimate of drug-likeness (QED) is 0.420. The summed E-state index contributed by atoms with van der Waals surface area (Å²) in [7, 11) is 0. The molecular weight excluding hydrogens is 456 g/mol. The molecule has 150 valence electrons. The van der Waals surface area contributed by atoms with E-state index in [1.165, 1.54) is 11.8 Å². The minimum absolute atomic E-state index is 0.0710. The number of carbonyl (C=O) groups excluding carboxylic acids is 2. The van der Waals surface area contributed by atoms with Gasteiger partial charge in [0.2, 0.25) is 5.91 Å². The lowest BCUT2D eigenvalue weighted by Gasteiger charge is -2.20. The SMILES string of the molecule is CC(c1ccccc1)n1c(SCCC(=O)NC(N)=O)nc2ccc(Br)cc2c1=O. The van der Waals surface area contributed by atoms with Crippen LogP contribution < -0.4 is 16.6 Å². The lowest BCUT2D eigenvalue weighted by molar-refractivity contribution is -0.119. The molecule has 1 aromatic heterocycles. The van der Waals surface area contributed by atoms with Crippen LogP contribution in [0.25, 0.3) is 10.9 Å². The summed E-state index contributed by atoms with van der Waals surface area (Å²) in [5.74, 6) is -0.130. The summed E-state index contributed by atoms with van der Waals surface area (Å²) < 4.78 is 2.44. The summed E-state index contributed by atoms with van der Waals surface area (Å²) >= 11 is 4.69. The predicted molar refractivity (Wildman–Crippen MR) is 117 cm³/mol. The summed E-state index contributed by atoms with van der Waals surface area (Å²) in [5.41, 5.74) is 6.36. The van der Waals surface area contributed by atoms with Crippen LogP contribution >= 0.6 is 27.7 Å². The number of hydrogen-bond donors (Lipinski definition) is 2. The van der Waals surface area contributed by atoms with E-state index in [4.69, 9.17) is 5.73 Å². The maximum Gasteiger partial charge on any atom is 0.318 e. The molecule has 29 heavy (non-hydrogen) atoms. The fourth-order valence-corrected chi connectivity index (χ4v) is 4.28. The zero-order valence-corrected chi connectivity index (χ0v) is 18.0. The lowest BCUT2D eigenvalue weighted by atomic mass is 10.1. The van der Waals surface area contributed by atoms with Crippen molar-refractivity contribution in [2.24, 2.45) is 5.73 Å². The Hall–Kier alpha value is -2.65. The molecule has 3 aromatic rings. The molecule has 0 bridgehead atoms. The van der Waals surface area contributed by atoms with Crippen molar-refractivity contribution in [1.29, 1.82) is 0 Å². The molecule has 0 fully saturated rings. The fourth-order valence-electron chi connectivity index (χ4n) is 2.91. The van der Waals surface area contributed by atoms with E-state index in [0.717, 1.165) is 10.0 Å². The number of thioether (sulfide) groups is 1. The van der Waals surface area contributed by atoms with Crippen molar-refractivity contribution < 1.29 is 9.59 Å². The summed E-state index contributed by atoms with van der Waals surface area (Å²) in [6.07, 6.45) is 0.0710. The van der Waals surface area contributed by atoms with Crippen molar-refractivity contribution in [3.8, 4) is 0 Å². The third-order valence-electron chi connectivity index (χ3n) is 4.32. The van der Waals surface area contributed by atoms with Gasteiger partial charge in [0.05, 0.1) is 16.9 Å². The highest BCUT2D eigenvalue weighted by atomic mass is 79.9. The molecule has 3 rings (SSSR count). The highest BCUT2D eigenvalue weighted by Crippen LogP contribution is 2.26. The van der Waals surface area contributed by atoms with Gasteiger partial charge >= 0.3 is 6.03 Å². The van der Waals surface area contributed by atoms with Crippen molar-refractivity contribution in [3.05, 3.63) is 68.9 Å². The number of hydrogen-bond acceptors (Lipinski definition) is 5. The minimum Gasteiger partial charge on any atom is -0.351 e. The van der Waals surface area contributed by atoms with Gasteiger partial charge in [-0.2, -0.15) is 0 Å². The van der Waals surface area contributed by atoms with Gasteiger partial charge in [0.15, 0.2) is 5.16 Å². The molecule has 0 saturated carbocycles. The van der Waals surface area contributed by atoms with Crippen LogP contribution in [0.2, 0.25) is 0 Å². The summed E-state index contributed by atoms with van der Waals surface area (Å²) in [6.45, 7) is 1.94. The summed E-state index contributed by atoms with van der Waals surface area (Å²) in [6, 6.07) is 13.9. The van der Waals surface area contributed by atoms with Crippen molar-refractivity contribution in [1.82, 2.24) is 14.9 Å². The first-order chi connectivity index (χ1) is 13.9. The number of urea groups is 1. The van der Waals surface area contributed by atoms with E-state index >= 15 is 0 Å². The molecule has 3 N–H and O–H groups in total. The van der Waals surface area contributed by atoms with Gasteiger partial charge in [0.1, 0.15) is 0 Å². The molecule has 7 nitrogen and oxygen atoms in total. The predicted octanol–water partition coefficient (Wildman–Crippen LogP) is 3.45. The molecule has 0 radical (unpaired) electrons. The van der Waals surface area contributed by atoms with E-state index in [2.05, 4.69) is 20.9 Å². The highest BCUT2D eigenvalue weighted by Gasteiger charge is 2.18. The first kappa shape index (κ1) is 21.1. The summed E-state index contributed by atoms with van der Waals surface area (Å²) in [5, 5.41) is 3.05. The van der Waals surface area contributed by atoms with Gasteiger partial charge in [-0.1, -0.05) is 58.0 Å². The zero-order chi connectivity index (χ0) is 21.0. The molecule has 0 spiro atoms. The van der Waals surface area contributed by atoms with E-state index in [1.807, 2.05) is 48.6 Å². The number of nitrogens with zero attached hydrogens (tertiary/aromatic N) is 2. The number of nitrogens with two attached hydrogens (primary N) is 1.